The van der Waals surface area contributed by atoms with Gasteiger partial charge in [0.15, 0.2) is 0 Å². The number of rotatable bonds is 3. The molecule has 1 N–H and O–H groups in total. The van der Waals surface area contributed by atoms with E-state index in [0.29, 0.717) is 13.1 Å². The normalized spacial score (nSPS) is 17.1. The van der Waals surface area contributed by atoms with Crippen LogP contribution in [0.2, 0.25) is 5.02 Å². The van der Waals surface area contributed by atoms with E-state index in [-0.39, 0.29) is 23.2 Å². The summed E-state index contributed by atoms with van der Waals surface area (Å²) in [5.74, 6) is -0.419. The molecule has 1 heterocycles. The van der Waals surface area contributed by atoms with Gasteiger partial charge in [0, 0.05) is 25.2 Å². The lowest BCUT2D eigenvalue weighted by Crippen LogP contribution is -2.60. The summed E-state index contributed by atoms with van der Waals surface area (Å²) < 4.78 is 18.5. The summed E-state index contributed by atoms with van der Waals surface area (Å²) in [6.07, 6.45) is -0.289. The molecule has 1 fully saturated rings. The highest BCUT2D eigenvalue weighted by atomic mass is 35.5. The third-order valence-electron chi connectivity index (χ3n) is 3.46. The maximum atomic E-state index is 13.2. The quantitative estimate of drug-likeness (QED) is 0.918. The molecule has 0 spiro atoms. The molecule has 1 aliphatic heterocycles. The van der Waals surface area contributed by atoms with Gasteiger partial charge in [-0.05, 0) is 45.4 Å². The van der Waals surface area contributed by atoms with Gasteiger partial charge in [0.25, 0.3) is 0 Å². The van der Waals surface area contributed by atoms with Crippen molar-refractivity contribution in [3.05, 3.63) is 34.6 Å². The van der Waals surface area contributed by atoms with Crippen LogP contribution in [0.5, 0.6) is 0 Å². The number of hydrogen-bond acceptors (Lipinski definition) is 3. The molecule has 2 rings (SSSR count). The molecule has 0 aromatic heterocycles. The van der Waals surface area contributed by atoms with E-state index in [2.05, 4.69) is 5.32 Å². The van der Waals surface area contributed by atoms with Crippen LogP contribution in [0.15, 0.2) is 18.2 Å². The number of benzene rings is 1. The molecular formula is C16H22ClFN2O2. The third kappa shape index (κ3) is 4.34. The number of nitrogens with one attached hydrogen (secondary N) is 1. The number of carbonyl (C=O) groups is 1. The first-order valence-electron chi connectivity index (χ1n) is 7.34. The highest BCUT2D eigenvalue weighted by Gasteiger charge is 2.34. The van der Waals surface area contributed by atoms with Crippen molar-refractivity contribution in [2.24, 2.45) is 0 Å². The predicted octanol–water partition coefficient (Wildman–Crippen LogP) is 3.75. The summed E-state index contributed by atoms with van der Waals surface area (Å²) in [5, 5.41) is 3.52. The standard InChI is InChI=1S/C16H22ClFN2O2/c1-10(11-5-6-14(18)13(17)7-11)19-12-8-20(9-12)15(21)22-16(2,3)4/h5-7,10,12,19H,8-9H2,1-4H3. The molecule has 1 aromatic rings. The van der Waals surface area contributed by atoms with Gasteiger partial charge in [-0.15, -0.1) is 0 Å². The van der Waals surface area contributed by atoms with E-state index in [0.717, 1.165) is 5.56 Å². The van der Waals surface area contributed by atoms with Gasteiger partial charge in [-0.3, -0.25) is 0 Å². The largest absolute Gasteiger partial charge is 0.444 e. The number of carbonyl (C=O) groups excluding carboxylic acids is 1. The van der Waals surface area contributed by atoms with Crippen molar-refractivity contribution in [1.82, 2.24) is 10.2 Å². The van der Waals surface area contributed by atoms with Crippen molar-refractivity contribution < 1.29 is 13.9 Å². The lowest BCUT2D eigenvalue weighted by atomic mass is 10.0. The van der Waals surface area contributed by atoms with Crippen LogP contribution in [0.3, 0.4) is 0 Å². The first-order valence-corrected chi connectivity index (χ1v) is 7.72. The van der Waals surface area contributed by atoms with Gasteiger partial charge in [0.05, 0.1) is 5.02 Å². The predicted molar refractivity (Wildman–Crippen MR) is 84.6 cm³/mol. The molecule has 0 saturated carbocycles. The lowest BCUT2D eigenvalue weighted by molar-refractivity contribution is 0.00434. The number of amides is 1. The third-order valence-corrected chi connectivity index (χ3v) is 3.75. The Labute approximate surface area is 135 Å². The Balaban J connectivity index is 1.82. The minimum absolute atomic E-state index is 0.0314. The smallest absolute Gasteiger partial charge is 0.410 e. The van der Waals surface area contributed by atoms with Crippen molar-refractivity contribution in [2.75, 3.05) is 13.1 Å². The van der Waals surface area contributed by atoms with Crippen LogP contribution in [0.1, 0.15) is 39.3 Å². The van der Waals surface area contributed by atoms with Gasteiger partial charge in [0.2, 0.25) is 0 Å². The van der Waals surface area contributed by atoms with E-state index < -0.39 is 11.4 Å². The van der Waals surface area contributed by atoms with Crippen molar-refractivity contribution in [3.8, 4) is 0 Å². The number of likely N-dealkylation sites (tertiary alicyclic amines) is 1. The fourth-order valence-electron chi connectivity index (χ4n) is 2.29. The Morgan fingerprint density at radius 1 is 1.45 bits per heavy atom. The summed E-state index contributed by atoms with van der Waals surface area (Å²) >= 11 is 5.80. The molecule has 0 aliphatic carbocycles. The Kier molecular flexibility index (Phi) is 4.97. The monoisotopic (exact) mass is 328 g/mol. The summed E-state index contributed by atoms with van der Waals surface area (Å²) in [6, 6.07) is 4.93. The molecule has 1 aliphatic rings. The molecule has 22 heavy (non-hydrogen) atoms. The zero-order valence-electron chi connectivity index (χ0n) is 13.3. The second-order valence-electron chi connectivity index (χ2n) is 6.64. The lowest BCUT2D eigenvalue weighted by Gasteiger charge is -2.41. The van der Waals surface area contributed by atoms with Crippen LogP contribution in [-0.4, -0.2) is 35.7 Å². The average molecular weight is 329 g/mol. The molecule has 122 valence electrons. The van der Waals surface area contributed by atoms with E-state index >= 15 is 0 Å². The molecule has 1 atom stereocenters. The number of ether oxygens (including phenoxy) is 1. The van der Waals surface area contributed by atoms with Gasteiger partial charge in [-0.25, -0.2) is 9.18 Å². The fourth-order valence-corrected chi connectivity index (χ4v) is 2.48. The number of halogens is 2. The van der Waals surface area contributed by atoms with E-state index in [1.54, 1.807) is 17.0 Å². The van der Waals surface area contributed by atoms with Gasteiger partial charge in [-0.1, -0.05) is 17.7 Å². The second-order valence-corrected chi connectivity index (χ2v) is 7.05. The highest BCUT2D eigenvalue weighted by Crippen LogP contribution is 2.23. The van der Waals surface area contributed by atoms with Crippen LogP contribution in [-0.2, 0) is 4.74 Å². The van der Waals surface area contributed by atoms with Crippen LogP contribution in [0.25, 0.3) is 0 Å². The zero-order chi connectivity index (χ0) is 16.5. The maximum absolute atomic E-state index is 13.2. The van der Waals surface area contributed by atoms with Crippen LogP contribution in [0.4, 0.5) is 9.18 Å². The van der Waals surface area contributed by atoms with Crippen LogP contribution >= 0.6 is 11.6 Å². The molecule has 6 heteroatoms. The van der Waals surface area contributed by atoms with Crippen molar-refractivity contribution >= 4 is 17.7 Å². The Hall–Kier alpha value is -1.33. The summed E-state index contributed by atoms with van der Waals surface area (Å²) in [5.41, 5.74) is 0.440. The maximum Gasteiger partial charge on any atom is 0.410 e. The highest BCUT2D eigenvalue weighted by molar-refractivity contribution is 6.30. The molecule has 1 aromatic carbocycles. The van der Waals surface area contributed by atoms with Crippen LogP contribution in [0, 0.1) is 5.82 Å². The average Bonchev–Trinajstić information content (AvgIpc) is 2.34. The SMILES string of the molecule is CC(NC1CN(C(=O)OC(C)(C)C)C1)c1ccc(F)c(Cl)c1. The topological polar surface area (TPSA) is 41.6 Å². The van der Waals surface area contributed by atoms with E-state index in [9.17, 15) is 9.18 Å². The second kappa shape index (κ2) is 6.42. The zero-order valence-corrected chi connectivity index (χ0v) is 14.1. The number of nitrogens with zero attached hydrogens (tertiary/aromatic N) is 1. The van der Waals surface area contributed by atoms with Gasteiger partial charge >= 0.3 is 6.09 Å². The summed E-state index contributed by atoms with van der Waals surface area (Å²) in [6.45, 7) is 8.74. The van der Waals surface area contributed by atoms with Crippen LogP contribution < -0.4 is 5.32 Å². The van der Waals surface area contributed by atoms with Gasteiger partial charge < -0.3 is 15.0 Å². The fraction of sp³-hybridized carbons (Fsp3) is 0.562. The molecular weight excluding hydrogens is 307 g/mol. The number of hydrogen-bond donors (Lipinski definition) is 1. The molecule has 1 saturated heterocycles. The van der Waals surface area contributed by atoms with Crippen molar-refractivity contribution in [3.63, 3.8) is 0 Å². The van der Waals surface area contributed by atoms with E-state index in [1.807, 2.05) is 27.7 Å². The van der Waals surface area contributed by atoms with E-state index in [1.165, 1.54) is 6.07 Å². The Morgan fingerprint density at radius 3 is 2.64 bits per heavy atom. The first-order chi connectivity index (χ1) is 10.2. The molecule has 0 radical (unpaired) electrons. The minimum atomic E-state index is -0.478. The van der Waals surface area contributed by atoms with Gasteiger partial charge in [0.1, 0.15) is 11.4 Å². The van der Waals surface area contributed by atoms with Gasteiger partial charge in [-0.2, -0.15) is 0 Å². The molecule has 1 unspecified atom stereocenters. The Bertz CT molecular complexity index is 554. The molecule has 0 bridgehead atoms. The van der Waals surface area contributed by atoms with Crippen molar-refractivity contribution in [2.45, 2.75) is 45.4 Å². The first kappa shape index (κ1) is 17.0. The molecule has 1 amide bonds. The Morgan fingerprint density at radius 2 is 2.09 bits per heavy atom. The summed E-state index contributed by atoms with van der Waals surface area (Å²) in [7, 11) is 0. The van der Waals surface area contributed by atoms with Crippen molar-refractivity contribution in [1.29, 1.82) is 0 Å². The molecule has 4 nitrogen and oxygen atoms in total. The summed E-state index contributed by atoms with van der Waals surface area (Å²) in [4.78, 5) is 13.5. The van der Waals surface area contributed by atoms with E-state index in [4.69, 9.17) is 16.3 Å². The minimum Gasteiger partial charge on any atom is -0.444 e.